The van der Waals surface area contributed by atoms with Gasteiger partial charge in [-0.25, -0.2) is 4.79 Å². The topological polar surface area (TPSA) is 37.3 Å². The molecule has 90 valence electrons. The Kier molecular flexibility index (Phi) is 3.58. The molecule has 0 heterocycles. The van der Waals surface area contributed by atoms with E-state index in [1.54, 1.807) is 12.1 Å². The van der Waals surface area contributed by atoms with Crippen molar-refractivity contribution in [3.05, 3.63) is 70.8 Å². The predicted octanol–water partition coefficient (Wildman–Crippen LogP) is 3.86. The standard InChI is InChI=1S/C16H14O2/c1-12-6-5-9-15(16(17)18)14(12)11-10-13-7-3-2-4-8-13/h2-11H,1H3,(H,17,18). The number of carboxylic acid groups (broad SMARTS) is 1. The van der Waals surface area contributed by atoms with Gasteiger partial charge in [-0.05, 0) is 29.7 Å². The third-order valence-electron chi connectivity index (χ3n) is 2.80. The Balaban J connectivity index is 2.40. The molecule has 1 N–H and O–H groups in total. The summed E-state index contributed by atoms with van der Waals surface area (Å²) in [6, 6.07) is 15.1. The maximum Gasteiger partial charge on any atom is 0.336 e. The zero-order valence-corrected chi connectivity index (χ0v) is 10.1. The zero-order valence-electron chi connectivity index (χ0n) is 10.1. The zero-order chi connectivity index (χ0) is 13.0. The van der Waals surface area contributed by atoms with E-state index in [-0.39, 0.29) is 0 Å². The summed E-state index contributed by atoms with van der Waals surface area (Å²) in [5.74, 6) is -0.897. The van der Waals surface area contributed by atoms with Crippen molar-refractivity contribution in [3.63, 3.8) is 0 Å². The number of hydrogen-bond acceptors (Lipinski definition) is 1. The smallest absolute Gasteiger partial charge is 0.336 e. The number of aryl methyl sites for hydroxylation is 1. The van der Waals surface area contributed by atoms with E-state index in [9.17, 15) is 4.79 Å². The van der Waals surface area contributed by atoms with Crippen LogP contribution in [0.4, 0.5) is 0 Å². The quantitative estimate of drug-likeness (QED) is 0.824. The summed E-state index contributed by atoms with van der Waals surface area (Å²) in [6.07, 6.45) is 3.78. The first-order valence-electron chi connectivity index (χ1n) is 5.74. The summed E-state index contributed by atoms with van der Waals surface area (Å²) in [5.41, 5.74) is 3.11. The van der Waals surface area contributed by atoms with Crippen molar-refractivity contribution in [1.29, 1.82) is 0 Å². The fourth-order valence-corrected chi connectivity index (χ4v) is 1.83. The molecule has 0 bridgehead atoms. The molecule has 0 spiro atoms. The van der Waals surface area contributed by atoms with Gasteiger partial charge >= 0.3 is 5.97 Å². The summed E-state index contributed by atoms with van der Waals surface area (Å²) in [6.45, 7) is 1.91. The van der Waals surface area contributed by atoms with Crippen LogP contribution in [0.3, 0.4) is 0 Å². The first-order chi connectivity index (χ1) is 8.68. The molecular formula is C16H14O2. The van der Waals surface area contributed by atoms with E-state index in [0.29, 0.717) is 5.56 Å². The molecule has 0 aliphatic carbocycles. The van der Waals surface area contributed by atoms with Crippen LogP contribution in [0.1, 0.15) is 27.0 Å². The van der Waals surface area contributed by atoms with E-state index in [1.807, 2.05) is 55.5 Å². The summed E-state index contributed by atoms with van der Waals surface area (Å²) in [5, 5.41) is 9.15. The van der Waals surface area contributed by atoms with Crippen LogP contribution in [0.15, 0.2) is 48.5 Å². The van der Waals surface area contributed by atoms with E-state index in [2.05, 4.69) is 0 Å². The number of benzene rings is 2. The molecule has 2 rings (SSSR count). The number of hydrogen-bond donors (Lipinski definition) is 1. The highest BCUT2D eigenvalue weighted by Gasteiger charge is 2.08. The molecule has 0 radical (unpaired) electrons. The third-order valence-corrected chi connectivity index (χ3v) is 2.80. The lowest BCUT2D eigenvalue weighted by atomic mass is 10.0. The van der Waals surface area contributed by atoms with Gasteiger partial charge in [0.15, 0.2) is 0 Å². The van der Waals surface area contributed by atoms with Gasteiger partial charge in [0.25, 0.3) is 0 Å². The van der Waals surface area contributed by atoms with Crippen molar-refractivity contribution in [1.82, 2.24) is 0 Å². The molecule has 0 aromatic heterocycles. The minimum absolute atomic E-state index is 0.335. The first-order valence-corrected chi connectivity index (χ1v) is 5.74. The Bertz CT molecular complexity index is 583. The lowest BCUT2D eigenvalue weighted by Gasteiger charge is -2.04. The van der Waals surface area contributed by atoms with Crippen LogP contribution < -0.4 is 0 Å². The summed E-state index contributed by atoms with van der Waals surface area (Å²) >= 11 is 0. The Morgan fingerprint density at radius 3 is 2.39 bits per heavy atom. The minimum atomic E-state index is -0.897. The van der Waals surface area contributed by atoms with E-state index in [1.165, 1.54) is 0 Å². The Morgan fingerprint density at radius 2 is 1.72 bits per heavy atom. The number of rotatable bonds is 3. The molecule has 2 aromatic rings. The Hall–Kier alpha value is -2.35. The molecular weight excluding hydrogens is 224 g/mol. The highest BCUT2D eigenvalue weighted by atomic mass is 16.4. The first kappa shape index (κ1) is 12.1. The Labute approximate surface area is 106 Å². The fourth-order valence-electron chi connectivity index (χ4n) is 1.83. The summed E-state index contributed by atoms with van der Waals surface area (Å²) in [4.78, 5) is 11.2. The fraction of sp³-hybridized carbons (Fsp3) is 0.0625. The van der Waals surface area contributed by atoms with E-state index in [4.69, 9.17) is 5.11 Å². The molecule has 0 aliphatic rings. The lowest BCUT2D eigenvalue weighted by molar-refractivity contribution is 0.0696. The second kappa shape index (κ2) is 5.32. The Morgan fingerprint density at radius 1 is 1.00 bits per heavy atom. The van der Waals surface area contributed by atoms with Crippen molar-refractivity contribution in [2.45, 2.75) is 6.92 Å². The van der Waals surface area contributed by atoms with Crippen molar-refractivity contribution in [3.8, 4) is 0 Å². The van der Waals surface area contributed by atoms with Gasteiger partial charge in [0.1, 0.15) is 0 Å². The molecule has 0 saturated carbocycles. The average Bonchev–Trinajstić information content (AvgIpc) is 2.38. The van der Waals surface area contributed by atoms with Crippen LogP contribution >= 0.6 is 0 Å². The second-order valence-electron chi connectivity index (χ2n) is 4.09. The van der Waals surface area contributed by atoms with Crippen LogP contribution in [-0.2, 0) is 0 Å². The van der Waals surface area contributed by atoms with Gasteiger partial charge in [0.05, 0.1) is 5.56 Å². The normalized spacial score (nSPS) is 10.7. The van der Waals surface area contributed by atoms with Crippen molar-refractivity contribution in [2.24, 2.45) is 0 Å². The molecule has 0 aliphatic heterocycles. The third kappa shape index (κ3) is 2.66. The summed E-state index contributed by atoms with van der Waals surface area (Å²) < 4.78 is 0. The second-order valence-corrected chi connectivity index (χ2v) is 4.09. The van der Waals surface area contributed by atoms with Gasteiger partial charge in [-0.15, -0.1) is 0 Å². The molecule has 0 unspecified atom stereocenters. The maximum absolute atomic E-state index is 11.2. The van der Waals surface area contributed by atoms with Gasteiger partial charge in [0.2, 0.25) is 0 Å². The number of carboxylic acids is 1. The maximum atomic E-state index is 11.2. The van der Waals surface area contributed by atoms with E-state index >= 15 is 0 Å². The van der Waals surface area contributed by atoms with Gasteiger partial charge in [-0.3, -0.25) is 0 Å². The SMILES string of the molecule is Cc1cccc(C(=O)O)c1C=Cc1ccccc1. The highest BCUT2D eigenvalue weighted by Crippen LogP contribution is 2.17. The number of aromatic carboxylic acids is 1. The van der Waals surface area contributed by atoms with Crippen LogP contribution in [0.5, 0.6) is 0 Å². The molecule has 0 fully saturated rings. The van der Waals surface area contributed by atoms with Crippen LogP contribution in [0.2, 0.25) is 0 Å². The molecule has 2 nitrogen and oxygen atoms in total. The van der Waals surface area contributed by atoms with Crippen molar-refractivity contribution < 1.29 is 9.90 Å². The van der Waals surface area contributed by atoms with Gasteiger partial charge in [-0.2, -0.15) is 0 Å². The minimum Gasteiger partial charge on any atom is -0.478 e. The molecule has 18 heavy (non-hydrogen) atoms. The monoisotopic (exact) mass is 238 g/mol. The molecule has 0 amide bonds. The molecule has 2 aromatic carbocycles. The van der Waals surface area contributed by atoms with Crippen molar-refractivity contribution in [2.75, 3.05) is 0 Å². The van der Waals surface area contributed by atoms with Crippen LogP contribution in [0.25, 0.3) is 12.2 Å². The van der Waals surface area contributed by atoms with Gasteiger partial charge < -0.3 is 5.11 Å². The predicted molar refractivity (Wildman–Crippen MR) is 73.5 cm³/mol. The highest BCUT2D eigenvalue weighted by molar-refractivity contribution is 5.94. The summed E-state index contributed by atoms with van der Waals surface area (Å²) in [7, 11) is 0. The van der Waals surface area contributed by atoms with Crippen LogP contribution in [-0.4, -0.2) is 11.1 Å². The molecule has 0 saturated heterocycles. The van der Waals surface area contributed by atoms with E-state index < -0.39 is 5.97 Å². The largest absolute Gasteiger partial charge is 0.478 e. The van der Waals surface area contributed by atoms with Gasteiger partial charge in [-0.1, -0.05) is 54.6 Å². The van der Waals surface area contributed by atoms with E-state index in [0.717, 1.165) is 16.7 Å². The number of carbonyl (C=O) groups is 1. The van der Waals surface area contributed by atoms with Crippen LogP contribution in [0, 0.1) is 6.92 Å². The average molecular weight is 238 g/mol. The molecule has 0 atom stereocenters. The molecule has 2 heteroatoms. The lowest BCUT2D eigenvalue weighted by Crippen LogP contribution is -2.00. The van der Waals surface area contributed by atoms with Crippen molar-refractivity contribution >= 4 is 18.1 Å². The van der Waals surface area contributed by atoms with Gasteiger partial charge in [0, 0.05) is 0 Å².